The largest absolute Gasteiger partial charge is 0.355 e. The van der Waals surface area contributed by atoms with Gasteiger partial charge in [0.05, 0.1) is 6.04 Å². The van der Waals surface area contributed by atoms with Crippen LogP contribution in [0.3, 0.4) is 0 Å². The van der Waals surface area contributed by atoms with Crippen LogP contribution in [-0.2, 0) is 0 Å². The molecular weight excluding hydrogens is 380 g/mol. The van der Waals surface area contributed by atoms with Crippen LogP contribution in [0.15, 0.2) is 18.2 Å². The van der Waals surface area contributed by atoms with Crippen LogP contribution in [0.1, 0.15) is 36.7 Å². The van der Waals surface area contributed by atoms with Gasteiger partial charge in [-0.2, -0.15) is 15.0 Å². The molecule has 4 N–H and O–H groups in total. The second-order valence-corrected chi connectivity index (χ2v) is 8.93. The Morgan fingerprint density at radius 2 is 1.90 bits per heavy atom. The summed E-state index contributed by atoms with van der Waals surface area (Å²) < 4.78 is 0. The molecule has 2 heterocycles. The zero-order valence-corrected chi connectivity index (χ0v) is 18.6. The Labute approximate surface area is 178 Å². The van der Waals surface area contributed by atoms with Crippen molar-refractivity contribution in [1.29, 1.82) is 0 Å². The summed E-state index contributed by atoms with van der Waals surface area (Å²) in [5.41, 5.74) is 2.44. The normalized spacial score (nSPS) is 14.1. The third-order valence-corrected chi connectivity index (χ3v) is 4.76. The predicted molar refractivity (Wildman–Crippen MR) is 121 cm³/mol. The Balaban J connectivity index is 1.91. The van der Waals surface area contributed by atoms with Gasteiger partial charge in [0, 0.05) is 45.0 Å². The number of hydrogen-bond acceptors (Lipinski definition) is 8. The van der Waals surface area contributed by atoms with E-state index < -0.39 is 0 Å². The van der Waals surface area contributed by atoms with Crippen LogP contribution >= 0.6 is 0 Å². The van der Waals surface area contributed by atoms with E-state index in [0.29, 0.717) is 29.5 Å². The minimum Gasteiger partial charge on any atom is -0.355 e. The van der Waals surface area contributed by atoms with Crippen molar-refractivity contribution in [3.63, 3.8) is 0 Å². The fourth-order valence-electron chi connectivity index (χ4n) is 3.17. The Morgan fingerprint density at radius 1 is 1.20 bits per heavy atom. The van der Waals surface area contributed by atoms with Crippen LogP contribution in [0.4, 0.5) is 23.5 Å². The Bertz CT molecular complexity index is 904. The molecule has 0 atom stereocenters. The first-order chi connectivity index (χ1) is 14.1. The topological polar surface area (TPSA) is 107 Å². The maximum Gasteiger partial charge on any atom is 0.251 e. The van der Waals surface area contributed by atoms with E-state index in [-0.39, 0.29) is 11.3 Å². The molecule has 1 fully saturated rings. The highest BCUT2D eigenvalue weighted by atomic mass is 16.1. The number of hydrogen-bond donors (Lipinski definition) is 4. The van der Waals surface area contributed by atoms with Gasteiger partial charge in [-0.1, -0.05) is 26.8 Å². The molecule has 0 aliphatic carbocycles. The fourth-order valence-corrected chi connectivity index (χ4v) is 3.17. The van der Waals surface area contributed by atoms with Crippen molar-refractivity contribution in [3.8, 4) is 0 Å². The van der Waals surface area contributed by atoms with Crippen LogP contribution < -0.4 is 26.2 Å². The van der Waals surface area contributed by atoms with Crippen LogP contribution in [0.5, 0.6) is 0 Å². The lowest BCUT2D eigenvalue weighted by molar-refractivity contribution is 0.0963. The lowest BCUT2D eigenvalue weighted by Crippen LogP contribution is -2.51. The number of amides is 1. The zero-order chi connectivity index (χ0) is 21.9. The maximum atomic E-state index is 12.0. The van der Waals surface area contributed by atoms with Crippen molar-refractivity contribution < 1.29 is 4.79 Å². The molecule has 2 aromatic rings. The van der Waals surface area contributed by atoms with E-state index in [2.05, 4.69) is 57.0 Å². The lowest BCUT2D eigenvalue weighted by Gasteiger charge is -2.29. The predicted octanol–water partition coefficient (Wildman–Crippen LogP) is 2.15. The minimum atomic E-state index is -0.140. The highest BCUT2D eigenvalue weighted by molar-refractivity contribution is 5.95. The number of carbonyl (C=O) groups excluding carboxylic acids is 1. The monoisotopic (exact) mass is 412 g/mol. The molecule has 1 aromatic heterocycles. The molecule has 0 spiro atoms. The summed E-state index contributed by atoms with van der Waals surface area (Å²) in [6.45, 7) is 11.1. The van der Waals surface area contributed by atoms with E-state index in [1.54, 1.807) is 19.2 Å². The first-order valence-electron chi connectivity index (χ1n) is 10.2. The highest BCUT2D eigenvalue weighted by Gasteiger charge is 2.21. The first-order valence-corrected chi connectivity index (χ1v) is 10.2. The summed E-state index contributed by atoms with van der Waals surface area (Å²) in [6, 6.07) is 5.81. The van der Waals surface area contributed by atoms with Gasteiger partial charge in [-0.25, -0.2) is 0 Å². The molecular formula is C21H32N8O. The van der Waals surface area contributed by atoms with Crippen molar-refractivity contribution in [2.24, 2.45) is 5.41 Å². The van der Waals surface area contributed by atoms with E-state index in [1.807, 2.05) is 24.9 Å². The fraction of sp³-hybridized carbons (Fsp3) is 0.524. The van der Waals surface area contributed by atoms with Gasteiger partial charge in [0.15, 0.2) is 0 Å². The molecule has 30 heavy (non-hydrogen) atoms. The summed E-state index contributed by atoms with van der Waals surface area (Å²) in [4.78, 5) is 27.9. The van der Waals surface area contributed by atoms with Crippen molar-refractivity contribution in [2.75, 3.05) is 49.3 Å². The number of rotatable bonds is 7. The van der Waals surface area contributed by atoms with Gasteiger partial charge in [0.1, 0.15) is 0 Å². The molecule has 1 aliphatic rings. The van der Waals surface area contributed by atoms with E-state index in [4.69, 9.17) is 0 Å². The summed E-state index contributed by atoms with van der Waals surface area (Å²) in [5.74, 6) is 1.43. The molecule has 1 amide bonds. The van der Waals surface area contributed by atoms with Gasteiger partial charge in [-0.15, -0.1) is 0 Å². The summed E-state index contributed by atoms with van der Waals surface area (Å²) in [7, 11) is 3.60. The van der Waals surface area contributed by atoms with E-state index in [9.17, 15) is 4.79 Å². The van der Waals surface area contributed by atoms with Crippen molar-refractivity contribution in [1.82, 2.24) is 25.6 Å². The molecule has 162 valence electrons. The minimum absolute atomic E-state index is 0.0961. The van der Waals surface area contributed by atoms with E-state index >= 15 is 0 Å². The molecule has 1 saturated heterocycles. The molecule has 1 aromatic carbocycles. The van der Waals surface area contributed by atoms with E-state index in [1.165, 1.54) is 0 Å². The quantitative estimate of drug-likeness (QED) is 0.548. The molecule has 1 aliphatic heterocycles. The Morgan fingerprint density at radius 3 is 2.50 bits per heavy atom. The molecule has 0 bridgehead atoms. The SMILES string of the molecule is CNC(=O)c1ccc(C)c(Nc2nc(NC3CNC3)nc(N(C)CC(C)(C)C)n2)c1. The van der Waals surface area contributed by atoms with Crippen molar-refractivity contribution in [3.05, 3.63) is 29.3 Å². The Kier molecular flexibility index (Phi) is 6.40. The molecule has 9 nitrogen and oxygen atoms in total. The number of aryl methyl sites for hydroxylation is 1. The number of benzene rings is 1. The number of nitrogens with zero attached hydrogens (tertiary/aromatic N) is 4. The first kappa shape index (κ1) is 21.8. The van der Waals surface area contributed by atoms with Crippen LogP contribution in [0.2, 0.25) is 0 Å². The summed E-state index contributed by atoms with van der Waals surface area (Å²) in [6.07, 6.45) is 0. The molecule has 0 radical (unpaired) electrons. The average molecular weight is 413 g/mol. The van der Waals surface area contributed by atoms with Crippen LogP contribution in [-0.4, -0.2) is 60.6 Å². The Hall–Kier alpha value is -2.94. The van der Waals surface area contributed by atoms with Gasteiger partial charge < -0.3 is 26.2 Å². The molecule has 9 heteroatoms. The van der Waals surface area contributed by atoms with Crippen LogP contribution in [0.25, 0.3) is 0 Å². The van der Waals surface area contributed by atoms with Gasteiger partial charge in [0.25, 0.3) is 5.91 Å². The number of anilines is 4. The van der Waals surface area contributed by atoms with E-state index in [0.717, 1.165) is 30.9 Å². The van der Waals surface area contributed by atoms with Crippen molar-refractivity contribution >= 4 is 29.4 Å². The van der Waals surface area contributed by atoms with Gasteiger partial charge >= 0.3 is 0 Å². The summed E-state index contributed by atoms with van der Waals surface area (Å²) in [5, 5.41) is 12.5. The molecule has 0 saturated carbocycles. The smallest absolute Gasteiger partial charge is 0.251 e. The molecule has 0 unspecified atom stereocenters. The second kappa shape index (κ2) is 8.83. The number of nitrogens with one attached hydrogen (secondary N) is 4. The second-order valence-electron chi connectivity index (χ2n) is 8.93. The van der Waals surface area contributed by atoms with Crippen molar-refractivity contribution in [2.45, 2.75) is 33.7 Å². The lowest BCUT2D eigenvalue weighted by atomic mass is 9.96. The third kappa shape index (κ3) is 5.56. The van der Waals surface area contributed by atoms with Gasteiger partial charge in [-0.05, 0) is 30.0 Å². The number of aromatic nitrogens is 3. The standard InChI is InChI=1S/C21H32N8O/c1-13-7-8-14(17(30)22-5)9-16(13)25-19-26-18(24-15-10-23-11-15)27-20(28-19)29(6)12-21(2,3)4/h7-9,15,23H,10-12H2,1-6H3,(H,22,30)(H2,24,25,26,27,28). The summed E-state index contributed by atoms with van der Waals surface area (Å²) >= 11 is 0. The third-order valence-electron chi connectivity index (χ3n) is 4.76. The van der Waals surface area contributed by atoms with Gasteiger partial charge in [0.2, 0.25) is 17.8 Å². The molecule has 3 rings (SSSR count). The highest BCUT2D eigenvalue weighted by Crippen LogP contribution is 2.24. The van der Waals surface area contributed by atoms with Crippen LogP contribution in [0, 0.1) is 12.3 Å². The maximum absolute atomic E-state index is 12.0. The number of carbonyl (C=O) groups is 1. The zero-order valence-electron chi connectivity index (χ0n) is 18.6. The average Bonchev–Trinajstić information content (AvgIpc) is 2.64. The van der Waals surface area contributed by atoms with Gasteiger partial charge in [-0.3, -0.25) is 4.79 Å².